The number of hydrogen-bond donors (Lipinski definition) is 1. The molecular weight excluding hydrogens is 306 g/mol. The standard InChI is InChI=1S/C17H23N5O2/c1-11-7-12(2)22(20-11)16-6-5-15(8-18-16)19-17(23)21-9-13(3)24-14(4)10-21/h5-8,13-14H,9-10H2,1-4H3,(H,19,23)/t13-,14-/m0/s1. The first-order chi connectivity index (χ1) is 11.4. The number of nitrogens with one attached hydrogen (secondary N) is 1. The second-order valence-corrected chi connectivity index (χ2v) is 6.34. The van der Waals surface area contributed by atoms with Crippen LogP contribution in [0.2, 0.25) is 0 Å². The molecule has 3 heterocycles. The van der Waals surface area contributed by atoms with Crippen molar-refractivity contribution in [2.24, 2.45) is 0 Å². The lowest BCUT2D eigenvalue weighted by molar-refractivity contribution is -0.0530. The fourth-order valence-electron chi connectivity index (χ4n) is 2.99. The molecule has 1 aliphatic rings. The van der Waals surface area contributed by atoms with E-state index in [1.54, 1.807) is 15.8 Å². The van der Waals surface area contributed by atoms with Gasteiger partial charge in [-0.1, -0.05) is 0 Å². The van der Waals surface area contributed by atoms with E-state index in [0.29, 0.717) is 18.8 Å². The number of aromatic nitrogens is 3. The fraction of sp³-hybridized carbons (Fsp3) is 0.471. The Bertz CT molecular complexity index is 715. The monoisotopic (exact) mass is 329 g/mol. The highest BCUT2D eigenvalue weighted by Crippen LogP contribution is 2.15. The number of amides is 2. The Morgan fingerprint density at radius 1 is 1.25 bits per heavy atom. The molecule has 1 N–H and O–H groups in total. The van der Waals surface area contributed by atoms with Gasteiger partial charge in [-0.2, -0.15) is 5.10 Å². The number of pyridine rings is 1. The van der Waals surface area contributed by atoms with Crippen molar-refractivity contribution in [1.29, 1.82) is 0 Å². The molecule has 0 unspecified atom stereocenters. The maximum absolute atomic E-state index is 12.4. The van der Waals surface area contributed by atoms with Gasteiger partial charge in [0, 0.05) is 18.8 Å². The zero-order valence-electron chi connectivity index (χ0n) is 14.5. The molecule has 0 bridgehead atoms. The van der Waals surface area contributed by atoms with Gasteiger partial charge in [0.1, 0.15) is 0 Å². The van der Waals surface area contributed by atoms with Crippen LogP contribution < -0.4 is 5.32 Å². The molecule has 2 aromatic rings. The van der Waals surface area contributed by atoms with Gasteiger partial charge in [-0.05, 0) is 45.9 Å². The molecule has 1 aliphatic heterocycles. The van der Waals surface area contributed by atoms with Crippen molar-refractivity contribution in [3.8, 4) is 5.82 Å². The molecule has 2 amide bonds. The summed E-state index contributed by atoms with van der Waals surface area (Å²) in [6.07, 6.45) is 1.74. The minimum Gasteiger partial charge on any atom is -0.372 e. The van der Waals surface area contributed by atoms with Gasteiger partial charge in [0.2, 0.25) is 0 Å². The van der Waals surface area contributed by atoms with Crippen molar-refractivity contribution in [3.63, 3.8) is 0 Å². The normalized spacial score (nSPS) is 20.9. The van der Waals surface area contributed by atoms with Crippen LogP contribution in [0.25, 0.3) is 5.82 Å². The fourth-order valence-corrected chi connectivity index (χ4v) is 2.99. The van der Waals surface area contributed by atoms with Crippen molar-refractivity contribution in [3.05, 3.63) is 35.8 Å². The first-order valence-electron chi connectivity index (χ1n) is 8.13. The largest absolute Gasteiger partial charge is 0.372 e. The van der Waals surface area contributed by atoms with Crippen LogP contribution in [0.1, 0.15) is 25.2 Å². The molecule has 3 rings (SSSR count). The molecule has 7 heteroatoms. The number of carbonyl (C=O) groups excluding carboxylic acids is 1. The molecule has 128 valence electrons. The highest BCUT2D eigenvalue weighted by atomic mass is 16.5. The van der Waals surface area contributed by atoms with Gasteiger partial charge in [0.05, 0.1) is 29.8 Å². The quantitative estimate of drug-likeness (QED) is 0.919. The van der Waals surface area contributed by atoms with Crippen LogP contribution in [0.3, 0.4) is 0 Å². The summed E-state index contributed by atoms with van der Waals surface area (Å²) >= 11 is 0. The molecule has 7 nitrogen and oxygen atoms in total. The highest BCUT2D eigenvalue weighted by Gasteiger charge is 2.25. The highest BCUT2D eigenvalue weighted by molar-refractivity contribution is 5.89. The Balaban J connectivity index is 1.68. The van der Waals surface area contributed by atoms with Gasteiger partial charge < -0.3 is 15.0 Å². The molecule has 0 radical (unpaired) electrons. The first kappa shape index (κ1) is 16.4. The lowest BCUT2D eigenvalue weighted by Gasteiger charge is -2.35. The van der Waals surface area contributed by atoms with Gasteiger partial charge in [0.15, 0.2) is 5.82 Å². The summed E-state index contributed by atoms with van der Waals surface area (Å²) in [6, 6.07) is 5.56. The maximum Gasteiger partial charge on any atom is 0.322 e. The van der Waals surface area contributed by atoms with Gasteiger partial charge >= 0.3 is 6.03 Å². The van der Waals surface area contributed by atoms with Gasteiger partial charge in [-0.25, -0.2) is 14.5 Å². The van der Waals surface area contributed by atoms with Gasteiger partial charge in [-0.3, -0.25) is 0 Å². The number of rotatable bonds is 2. The van der Waals surface area contributed by atoms with Crippen LogP contribution in [0.4, 0.5) is 10.5 Å². The zero-order chi connectivity index (χ0) is 17.3. The Labute approximate surface area is 141 Å². The Morgan fingerprint density at radius 2 is 1.96 bits per heavy atom. The number of aryl methyl sites for hydroxylation is 2. The molecule has 0 aromatic carbocycles. The molecule has 0 saturated carbocycles. The molecule has 2 atom stereocenters. The van der Waals surface area contributed by atoms with E-state index in [1.807, 2.05) is 45.9 Å². The summed E-state index contributed by atoms with van der Waals surface area (Å²) in [5.74, 6) is 0.729. The summed E-state index contributed by atoms with van der Waals surface area (Å²) in [7, 11) is 0. The summed E-state index contributed by atoms with van der Waals surface area (Å²) in [5, 5.41) is 7.30. The Kier molecular flexibility index (Phi) is 4.53. The molecule has 2 aromatic heterocycles. The van der Waals surface area contributed by atoms with Crippen LogP contribution in [-0.4, -0.2) is 51.0 Å². The molecule has 1 saturated heterocycles. The summed E-state index contributed by atoms with van der Waals surface area (Å²) in [6.45, 7) is 9.06. The predicted molar refractivity (Wildman–Crippen MR) is 91.4 cm³/mol. The van der Waals surface area contributed by atoms with E-state index in [-0.39, 0.29) is 18.2 Å². The maximum atomic E-state index is 12.4. The molecule has 0 spiro atoms. The van der Waals surface area contributed by atoms with Gasteiger partial charge in [0.25, 0.3) is 0 Å². The zero-order valence-corrected chi connectivity index (χ0v) is 14.5. The lowest BCUT2D eigenvalue weighted by atomic mass is 10.2. The third-order valence-corrected chi connectivity index (χ3v) is 3.93. The minimum absolute atomic E-state index is 0.0473. The number of carbonyl (C=O) groups is 1. The number of ether oxygens (including phenoxy) is 1. The van der Waals surface area contributed by atoms with E-state index >= 15 is 0 Å². The van der Waals surface area contributed by atoms with E-state index < -0.39 is 0 Å². The number of nitrogens with zero attached hydrogens (tertiary/aromatic N) is 4. The summed E-state index contributed by atoms with van der Waals surface area (Å²) in [4.78, 5) is 18.6. The average Bonchev–Trinajstić information content (AvgIpc) is 2.85. The second-order valence-electron chi connectivity index (χ2n) is 6.34. The lowest BCUT2D eigenvalue weighted by Crippen LogP contribution is -2.49. The predicted octanol–water partition coefficient (Wildman–Crippen LogP) is 2.53. The minimum atomic E-state index is -0.127. The molecule has 24 heavy (non-hydrogen) atoms. The van der Waals surface area contributed by atoms with Crippen molar-refractivity contribution in [2.45, 2.75) is 39.9 Å². The van der Waals surface area contributed by atoms with Crippen LogP contribution in [0.5, 0.6) is 0 Å². The smallest absolute Gasteiger partial charge is 0.322 e. The van der Waals surface area contributed by atoms with Crippen LogP contribution in [0.15, 0.2) is 24.4 Å². The van der Waals surface area contributed by atoms with Crippen molar-refractivity contribution in [1.82, 2.24) is 19.7 Å². The van der Waals surface area contributed by atoms with Crippen molar-refractivity contribution in [2.75, 3.05) is 18.4 Å². The molecular formula is C17H23N5O2. The third-order valence-electron chi connectivity index (χ3n) is 3.93. The van der Waals surface area contributed by atoms with E-state index in [4.69, 9.17) is 4.74 Å². The average molecular weight is 329 g/mol. The van der Waals surface area contributed by atoms with Crippen LogP contribution in [0, 0.1) is 13.8 Å². The van der Waals surface area contributed by atoms with E-state index in [2.05, 4.69) is 15.4 Å². The number of hydrogen-bond acceptors (Lipinski definition) is 4. The second kappa shape index (κ2) is 6.60. The number of morpholine rings is 1. The number of urea groups is 1. The Morgan fingerprint density at radius 3 is 2.50 bits per heavy atom. The first-order valence-corrected chi connectivity index (χ1v) is 8.13. The van der Waals surface area contributed by atoms with Crippen molar-refractivity contribution >= 4 is 11.7 Å². The van der Waals surface area contributed by atoms with E-state index in [9.17, 15) is 4.79 Å². The van der Waals surface area contributed by atoms with E-state index in [0.717, 1.165) is 17.2 Å². The van der Waals surface area contributed by atoms with Crippen LogP contribution in [-0.2, 0) is 4.74 Å². The summed E-state index contributed by atoms with van der Waals surface area (Å²) in [5.41, 5.74) is 2.63. The SMILES string of the molecule is Cc1cc(C)n(-c2ccc(NC(=O)N3C[C@H](C)O[C@@H](C)C3)cn2)n1. The van der Waals surface area contributed by atoms with Crippen LogP contribution >= 0.6 is 0 Å². The Hall–Kier alpha value is -2.41. The summed E-state index contributed by atoms with van der Waals surface area (Å²) < 4.78 is 7.43. The molecule has 0 aliphatic carbocycles. The van der Waals surface area contributed by atoms with Gasteiger partial charge in [-0.15, -0.1) is 0 Å². The van der Waals surface area contributed by atoms with E-state index in [1.165, 1.54) is 0 Å². The van der Waals surface area contributed by atoms with Crippen molar-refractivity contribution < 1.29 is 9.53 Å². The topological polar surface area (TPSA) is 72.3 Å². The number of anilines is 1. The third kappa shape index (κ3) is 3.56. The molecule has 1 fully saturated rings.